The molecule has 0 atom stereocenters. The molecule has 0 radical (unpaired) electrons. The molecule has 5 rings (SSSR count). The number of carbonyl (C=O) groups excluding carboxylic acids is 2. The van der Waals surface area contributed by atoms with Crippen LogP contribution in [0.2, 0.25) is 5.02 Å². The number of rotatable bonds is 4. The average molecular weight is 424 g/mol. The topological polar surface area (TPSA) is 43.9 Å². The molecular formula is C24H26ClN3O2. The molecule has 2 aliphatic heterocycles. The summed E-state index contributed by atoms with van der Waals surface area (Å²) >= 11 is 6.15. The number of nitrogens with zero attached hydrogens (tertiary/aromatic N) is 3. The SMILES string of the molecule is O=C(CN1CCN(C(=O)C2(c3cccc(Cl)c3)CC2)CC1)N1CCc2ccccc21. The Morgan fingerprint density at radius 2 is 1.70 bits per heavy atom. The first-order chi connectivity index (χ1) is 14.6. The summed E-state index contributed by atoms with van der Waals surface area (Å²) in [5, 5.41) is 0.679. The summed E-state index contributed by atoms with van der Waals surface area (Å²) in [6.07, 6.45) is 2.70. The molecule has 2 aromatic carbocycles. The highest BCUT2D eigenvalue weighted by molar-refractivity contribution is 6.30. The number of hydrogen-bond acceptors (Lipinski definition) is 3. The largest absolute Gasteiger partial charge is 0.339 e. The van der Waals surface area contributed by atoms with Crippen molar-refractivity contribution < 1.29 is 9.59 Å². The van der Waals surface area contributed by atoms with Crippen molar-refractivity contribution in [2.75, 3.05) is 44.2 Å². The van der Waals surface area contributed by atoms with Gasteiger partial charge in [0.05, 0.1) is 12.0 Å². The quantitative estimate of drug-likeness (QED) is 0.759. The predicted octanol–water partition coefficient (Wildman–Crippen LogP) is 3.11. The van der Waals surface area contributed by atoms with Gasteiger partial charge in [0.25, 0.3) is 0 Å². The third kappa shape index (κ3) is 3.50. The molecule has 3 aliphatic rings. The molecule has 156 valence electrons. The lowest BCUT2D eigenvalue weighted by Crippen LogP contribution is -2.53. The number of carbonyl (C=O) groups is 2. The van der Waals surface area contributed by atoms with Crippen LogP contribution in [0.5, 0.6) is 0 Å². The molecule has 0 spiro atoms. The van der Waals surface area contributed by atoms with Gasteiger partial charge in [-0.05, 0) is 48.6 Å². The molecule has 0 unspecified atom stereocenters. The van der Waals surface area contributed by atoms with Gasteiger partial charge in [-0.1, -0.05) is 41.9 Å². The van der Waals surface area contributed by atoms with E-state index in [9.17, 15) is 9.59 Å². The minimum Gasteiger partial charge on any atom is -0.339 e. The maximum absolute atomic E-state index is 13.3. The van der Waals surface area contributed by atoms with Gasteiger partial charge in [-0.3, -0.25) is 14.5 Å². The molecule has 1 saturated heterocycles. The first-order valence-electron chi connectivity index (χ1n) is 10.7. The van der Waals surface area contributed by atoms with E-state index in [0.717, 1.165) is 50.1 Å². The predicted molar refractivity (Wildman–Crippen MR) is 118 cm³/mol. The Kier molecular flexibility index (Phi) is 5.03. The smallest absolute Gasteiger partial charge is 0.241 e. The normalized spacial score (nSPS) is 20.2. The van der Waals surface area contributed by atoms with E-state index < -0.39 is 0 Å². The van der Waals surface area contributed by atoms with Crippen molar-refractivity contribution in [3.63, 3.8) is 0 Å². The molecule has 2 heterocycles. The number of fused-ring (bicyclic) bond motifs is 1. The molecule has 30 heavy (non-hydrogen) atoms. The average Bonchev–Trinajstić information content (AvgIpc) is 3.46. The highest BCUT2D eigenvalue weighted by Gasteiger charge is 2.53. The minimum absolute atomic E-state index is 0.150. The molecule has 0 N–H and O–H groups in total. The maximum Gasteiger partial charge on any atom is 0.241 e. The number of amides is 2. The van der Waals surface area contributed by atoms with Crippen LogP contribution in [0.15, 0.2) is 48.5 Å². The zero-order valence-corrected chi connectivity index (χ0v) is 17.8. The number of halogens is 1. The van der Waals surface area contributed by atoms with E-state index in [0.29, 0.717) is 24.7 Å². The van der Waals surface area contributed by atoms with Crippen LogP contribution in [0, 0.1) is 0 Å². The van der Waals surface area contributed by atoms with Crippen LogP contribution < -0.4 is 4.90 Å². The van der Waals surface area contributed by atoms with Crippen molar-refractivity contribution in [3.05, 3.63) is 64.7 Å². The zero-order valence-electron chi connectivity index (χ0n) is 17.0. The van der Waals surface area contributed by atoms with Gasteiger partial charge < -0.3 is 9.80 Å². The van der Waals surface area contributed by atoms with Gasteiger partial charge in [-0.15, -0.1) is 0 Å². The Morgan fingerprint density at radius 1 is 0.933 bits per heavy atom. The van der Waals surface area contributed by atoms with Crippen LogP contribution >= 0.6 is 11.6 Å². The van der Waals surface area contributed by atoms with Crippen molar-refractivity contribution in [2.45, 2.75) is 24.7 Å². The third-order valence-electron chi connectivity index (χ3n) is 6.74. The van der Waals surface area contributed by atoms with E-state index in [1.54, 1.807) is 0 Å². The monoisotopic (exact) mass is 423 g/mol. The fraction of sp³-hybridized carbons (Fsp3) is 0.417. The highest BCUT2D eigenvalue weighted by Crippen LogP contribution is 2.50. The summed E-state index contributed by atoms with van der Waals surface area (Å²) in [5.74, 6) is 0.363. The summed E-state index contributed by atoms with van der Waals surface area (Å²) in [7, 11) is 0. The van der Waals surface area contributed by atoms with Crippen molar-refractivity contribution in [2.24, 2.45) is 0 Å². The van der Waals surface area contributed by atoms with Crippen molar-refractivity contribution in [1.82, 2.24) is 9.80 Å². The first-order valence-corrected chi connectivity index (χ1v) is 11.1. The Labute approximate surface area is 182 Å². The van der Waals surface area contributed by atoms with E-state index in [1.165, 1.54) is 5.56 Å². The molecule has 5 nitrogen and oxygen atoms in total. The second-order valence-electron chi connectivity index (χ2n) is 8.58. The van der Waals surface area contributed by atoms with E-state index in [-0.39, 0.29) is 17.2 Å². The molecule has 6 heteroatoms. The minimum atomic E-state index is -0.387. The van der Waals surface area contributed by atoms with Gasteiger partial charge in [0.2, 0.25) is 11.8 Å². The van der Waals surface area contributed by atoms with Crippen LogP contribution in [0.1, 0.15) is 24.0 Å². The second kappa shape index (κ2) is 7.71. The molecule has 0 aromatic heterocycles. The van der Waals surface area contributed by atoms with Crippen LogP contribution in [0.3, 0.4) is 0 Å². The lowest BCUT2D eigenvalue weighted by atomic mass is 9.94. The number of piperazine rings is 1. The fourth-order valence-corrected chi connectivity index (χ4v) is 5.01. The lowest BCUT2D eigenvalue weighted by molar-refractivity contribution is -0.135. The van der Waals surface area contributed by atoms with Gasteiger partial charge in [-0.25, -0.2) is 0 Å². The maximum atomic E-state index is 13.3. The molecule has 0 bridgehead atoms. The molecule has 2 fully saturated rings. The summed E-state index contributed by atoms with van der Waals surface area (Å²) in [4.78, 5) is 32.2. The third-order valence-corrected chi connectivity index (χ3v) is 6.98. The number of para-hydroxylation sites is 1. The van der Waals surface area contributed by atoms with E-state index >= 15 is 0 Å². The summed E-state index contributed by atoms with van der Waals surface area (Å²) in [5.41, 5.74) is 2.94. The summed E-state index contributed by atoms with van der Waals surface area (Å²) in [6.45, 7) is 3.99. The Bertz CT molecular complexity index is 980. The number of benzene rings is 2. The van der Waals surface area contributed by atoms with Crippen LogP contribution in [0.4, 0.5) is 5.69 Å². The fourth-order valence-electron chi connectivity index (χ4n) is 4.82. The highest BCUT2D eigenvalue weighted by atomic mass is 35.5. The lowest BCUT2D eigenvalue weighted by Gasteiger charge is -2.37. The van der Waals surface area contributed by atoms with E-state index in [2.05, 4.69) is 11.0 Å². The Hall–Kier alpha value is -2.37. The van der Waals surface area contributed by atoms with Gasteiger partial charge in [-0.2, -0.15) is 0 Å². The van der Waals surface area contributed by atoms with Crippen LogP contribution in [-0.2, 0) is 21.4 Å². The van der Waals surface area contributed by atoms with Crippen LogP contribution in [0.25, 0.3) is 0 Å². The van der Waals surface area contributed by atoms with Crippen molar-refractivity contribution in [1.29, 1.82) is 0 Å². The van der Waals surface area contributed by atoms with Gasteiger partial charge in [0.1, 0.15) is 0 Å². The molecule has 1 saturated carbocycles. The summed E-state index contributed by atoms with van der Waals surface area (Å²) < 4.78 is 0. The van der Waals surface area contributed by atoms with Crippen molar-refractivity contribution in [3.8, 4) is 0 Å². The number of anilines is 1. The van der Waals surface area contributed by atoms with Gasteiger partial charge in [0.15, 0.2) is 0 Å². The standard InChI is InChI=1S/C24H26ClN3O2/c25-20-6-3-5-19(16-20)24(9-10-24)23(30)27-14-12-26(13-15-27)17-22(29)28-11-8-18-4-1-2-7-21(18)28/h1-7,16H,8-15,17H2. The number of hydrogen-bond donors (Lipinski definition) is 0. The molecule has 1 aliphatic carbocycles. The molecule has 2 aromatic rings. The van der Waals surface area contributed by atoms with E-state index in [4.69, 9.17) is 11.6 Å². The van der Waals surface area contributed by atoms with Gasteiger partial charge >= 0.3 is 0 Å². The Morgan fingerprint density at radius 3 is 2.43 bits per heavy atom. The summed E-state index contributed by atoms with van der Waals surface area (Å²) in [6, 6.07) is 15.9. The second-order valence-corrected chi connectivity index (χ2v) is 9.02. The van der Waals surface area contributed by atoms with Crippen LogP contribution in [-0.4, -0.2) is 60.9 Å². The molecular weight excluding hydrogens is 398 g/mol. The van der Waals surface area contributed by atoms with E-state index in [1.807, 2.05) is 52.3 Å². The zero-order chi connectivity index (χ0) is 20.7. The Balaban J connectivity index is 1.18. The van der Waals surface area contributed by atoms with Gasteiger partial charge in [0, 0.05) is 43.4 Å². The van der Waals surface area contributed by atoms with Crippen molar-refractivity contribution >= 4 is 29.1 Å². The molecule has 2 amide bonds. The first kappa shape index (κ1) is 19.6.